The Bertz CT molecular complexity index is 550. The molecule has 0 radical (unpaired) electrons. The van der Waals surface area contributed by atoms with Crippen molar-refractivity contribution in [3.8, 4) is 0 Å². The number of nitrogens with zero attached hydrogens (tertiary/aromatic N) is 3. The van der Waals surface area contributed by atoms with Gasteiger partial charge in [-0.25, -0.2) is 23.0 Å². The fourth-order valence-corrected chi connectivity index (χ4v) is 1.40. The fourth-order valence-electron chi connectivity index (χ4n) is 1.01. The number of carbonyl (C=O) groups is 2. The molecule has 18 heavy (non-hydrogen) atoms. The number of primary sulfonamides is 1. The van der Waals surface area contributed by atoms with Gasteiger partial charge in [-0.3, -0.25) is 4.79 Å². The predicted octanol–water partition coefficient (Wildman–Crippen LogP) is -2.62. The molecule has 1 rings (SSSR count). The number of carboxylic acid groups (broad SMARTS) is 1. The van der Waals surface area contributed by atoms with E-state index in [4.69, 9.17) is 10.2 Å². The van der Waals surface area contributed by atoms with Gasteiger partial charge in [0, 0.05) is 6.54 Å². The largest absolute Gasteiger partial charge is 0.476 e. The lowest BCUT2D eigenvalue weighted by molar-refractivity contribution is -0.121. The van der Waals surface area contributed by atoms with Crippen molar-refractivity contribution < 1.29 is 23.1 Å². The second-order valence-corrected chi connectivity index (χ2v) is 5.06. The molecule has 0 unspecified atom stereocenters. The summed E-state index contributed by atoms with van der Waals surface area (Å²) in [5, 5.41) is 22.3. The number of carboxylic acids is 1. The third kappa shape index (κ3) is 4.88. The first-order valence-electron chi connectivity index (χ1n) is 4.68. The Balaban J connectivity index is 2.42. The molecule has 0 fully saturated rings. The van der Waals surface area contributed by atoms with E-state index in [0.29, 0.717) is 0 Å². The highest BCUT2D eigenvalue weighted by molar-refractivity contribution is 7.89. The molecule has 1 amide bonds. The summed E-state index contributed by atoms with van der Waals surface area (Å²) in [6.45, 7) is -0.386. The number of sulfonamides is 1. The van der Waals surface area contributed by atoms with Gasteiger partial charge in [-0.05, 0) is 0 Å². The summed E-state index contributed by atoms with van der Waals surface area (Å²) in [5.74, 6) is -2.16. The van der Waals surface area contributed by atoms with Gasteiger partial charge in [0.25, 0.3) is 0 Å². The normalized spacial score (nSPS) is 11.2. The summed E-state index contributed by atoms with van der Waals surface area (Å²) in [7, 11) is -3.63. The summed E-state index contributed by atoms with van der Waals surface area (Å²) in [6.07, 6.45) is 1.08. The average molecular weight is 277 g/mol. The first-order valence-corrected chi connectivity index (χ1v) is 6.40. The number of nitrogens with one attached hydrogen (secondary N) is 1. The number of amides is 1. The molecule has 4 N–H and O–H groups in total. The SMILES string of the molecule is NS(=O)(=O)CCNC(=O)Cn1cc(C(=O)O)nn1. The van der Waals surface area contributed by atoms with Crippen LogP contribution in [0.2, 0.25) is 0 Å². The Morgan fingerprint density at radius 1 is 1.50 bits per heavy atom. The quantitative estimate of drug-likeness (QED) is 0.513. The van der Waals surface area contributed by atoms with Crippen molar-refractivity contribution in [2.24, 2.45) is 5.14 Å². The van der Waals surface area contributed by atoms with Crippen LogP contribution in [0.4, 0.5) is 0 Å². The first-order chi connectivity index (χ1) is 8.28. The molecule has 100 valence electrons. The topological polar surface area (TPSA) is 157 Å². The van der Waals surface area contributed by atoms with Crippen LogP contribution in [0.25, 0.3) is 0 Å². The number of aromatic nitrogens is 3. The average Bonchev–Trinajstić information content (AvgIpc) is 2.64. The first kappa shape index (κ1) is 14.1. The second kappa shape index (κ2) is 5.55. The van der Waals surface area contributed by atoms with Crippen molar-refractivity contribution in [3.63, 3.8) is 0 Å². The van der Waals surface area contributed by atoms with Gasteiger partial charge in [-0.15, -0.1) is 5.10 Å². The van der Waals surface area contributed by atoms with Gasteiger partial charge in [-0.1, -0.05) is 5.21 Å². The van der Waals surface area contributed by atoms with Crippen LogP contribution >= 0.6 is 0 Å². The van der Waals surface area contributed by atoms with E-state index in [1.165, 1.54) is 0 Å². The second-order valence-electron chi connectivity index (χ2n) is 3.32. The van der Waals surface area contributed by atoms with Crippen LogP contribution < -0.4 is 10.5 Å². The maximum absolute atomic E-state index is 11.3. The molecule has 0 bridgehead atoms. The van der Waals surface area contributed by atoms with Crippen LogP contribution in [0.3, 0.4) is 0 Å². The number of rotatable bonds is 6. The Kier molecular flexibility index (Phi) is 4.33. The summed E-state index contributed by atoms with van der Waals surface area (Å²) in [6, 6.07) is 0. The maximum atomic E-state index is 11.3. The monoisotopic (exact) mass is 277 g/mol. The summed E-state index contributed by atoms with van der Waals surface area (Å²) >= 11 is 0. The zero-order valence-electron chi connectivity index (χ0n) is 9.11. The van der Waals surface area contributed by atoms with Gasteiger partial charge in [-0.2, -0.15) is 0 Å². The number of nitrogens with two attached hydrogens (primary N) is 1. The molecule has 0 saturated heterocycles. The van der Waals surface area contributed by atoms with E-state index in [1.54, 1.807) is 0 Å². The zero-order chi connectivity index (χ0) is 13.8. The van der Waals surface area contributed by atoms with Gasteiger partial charge < -0.3 is 10.4 Å². The van der Waals surface area contributed by atoms with E-state index in [0.717, 1.165) is 10.9 Å². The minimum Gasteiger partial charge on any atom is -0.476 e. The molecule has 0 saturated carbocycles. The van der Waals surface area contributed by atoms with Gasteiger partial charge in [0.2, 0.25) is 15.9 Å². The molecule has 1 heterocycles. The van der Waals surface area contributed by atoms with Crippen LogP contribution in [0, 0.1) is 0 Å². The van der Waals surface area contributed by atoms with E-state index in [1.807, 2.05) is 0 Å². The Labute approximate surface area is 102 Å². The van der Waals surface area contributed by atoms with Crippen LogP contribution in [0.15, 0.2) is 6.20 Å². The summed E-state index contributed by atoms with van der Waals surface area (Å²) in [4.78, 5) is 21.8. The highest BCUT2D eigenvalue weighted by Gasteiger charge is 2.11. The highest BCUT2D eigenvalue weighted by atomic mass is 32.2. The van der Waals surface area contributed by atoms with Crippen LogP contribution in [-0.2, 0) is 21.4 Å². The van der Waals surface area contributed by atoms with Crippen molar-refractivity contribution >= 4 is 21.9 Å². The molecule has 0 aliphatic rings. The van der Waals surface area contributed by atoms with Gasteiger partial charge in [0.05, 0.1) is 11.9 Å². The predicted molar refractivity (Wildman–Crippen MR) is 58.0 cm³/mol. The van der Waals surface area contributed by atoms with E-state index < -0.39 is 21.9 Å². The van der Waals surface area contributed by atoms with Crippen molar-refractivity contribution in [1.29, 1.82) is 0 Å². The molecule has 1 aromatic heterocycles. The van der Waals surface area contributed by atoms with Crippen LogP contribution in [0.5, 0.6) is 0 Å². The molecule has 1 aromatic rings. The van der Waals surface area contributed by atoms with E-state index in [2.05, 4.69) is 15.6 Å². The van der Waals surface area contributed by atoms with Crippen molar-refractivity contribution in [2.45, 2.75) is 6.54 Å². The smallest absolute Gasteiger partial charge is 0.358 e. The lowest BCUT2D eigenvalue weighted by Gasteiger charge is -2.03. The number of hydrogen-bond donors (Lipinski definition) is 3. The highest BCUT2D eigenvalue weighted by Crippen LogP contribution is 1.92. The zero-order valence-corrected chi connectivity index (χ0v) is 9.92. The lowest BCUT2D eigenvalue weighted by atomic mass is 10.5. The minimum atomic E-state index is -3.63. The molecule has 0 aliphatic heterocycles. The van der Waals surface area contributed by atoms with Gasteiger partial charge in [0.1, 0.15) is 6.54 Å². The third-order valence-corrected chi connectivity index (χ3v) is 2.55. The number of carbonyl (C=O) groups excluding carboxylic acids is 1. The van der Waals surface area contributed by atoms with Gasteiger partial charge >= 0.3 is 5.97 Å². The number of aromatic carboxylic acids is 1. The van der Waals surface area contributed by atoms with Crippen molar-refractivity contribution in [3.05, 3.63) is 11.9 Å². The molecule has 0 aromatic carbocycles. The van der Waals surface area contributed by atoms with Crippen molar-refractivity contribution in [1.82, 2.24) is 20.3 Å². The lowest BCUT2D eigenvalue weighted by Crippen LogP contribution is -2.33. The maximum Gasteiger partial charge on any atom is 0.358 e. The van der Waals surface area contributed by atoms with E-state index in [-0.39, 0.29) is 24.5 Å². The molecule has 0 atom stereocenters. The fraction of sp³-hybridized carbons (Fsp3) is 0.429. The van der Waals surface area contributed by atoms with Gasteiger partial charge in [0.15, 0.2) is 5.69 Å². The standard InChI is InChI=1S/C7H11N5O5S/c8-18(16,17)2-1-9-6(13)4-12-3-5(7(14)15)10-11-12/h3H,1-2,4H2,(H,9,13)(H,14,15)(H2,8,16,17). The third-order valence-electron chi connectivity index (χ3n) is 1.77. The van der Waals surface area contributed by atoms with E-state index >= 15 is 0 Å². The molecule has 0 spiro atoms. The number of hydrogen-bond acceptors (Lipinski definition) is 6. The summed E-state index contributed by atoms with van der Waals surface area (Å²) < 4.78 is 22.2. The Hall–Kier alpha value is -2.01. The van der Waals surface area contributed by atoms with Crippen LogP contribution in [0.1, 0.15) is 10.5 Å². The molecule has 11 heteroatoms. The Morgan fingerprint density at radius 3 is 2.67 bits per heavy atom. The molecular formula is C7H11N5O5S. The summed E-state index contributed by atoms with van der Waals surface area (Å²) in [5.41, 5.74) is -0.285. The Morgan fingerprint density at radius 2 is 2.17 bits per heavy atom. The minimum absolute atomic E-state index is 0.127. The molecular weight excluding hydrogens is 266 g/mol. The van der Waals surface area contributed by atoms with E-state index in [9.17, 15) is 18.0 Å². The molecule has 10 nitrogen and oxygen atoms in total. The van der Waals surface area contributed by atoms with Crippen LogP contribution in [-0.4, -0.2) is 52.7 Å². The molecule has 0 aliphatic carbocycles. The van der Waals surface area contributed by atoms with Crippen molar-refractivity contribution in [2.75, 3.05) is 12.3 Å².